The van der Waals surface area contributed by atoms with Crippen LogP contribution in [0, 0.1) is 0 Å². The first-order valence-corrected chi connectivity index (χ1v) is 7.33. The Labute approximate surface area is 139 Å². The first kappa shape index (κ1) is 15.5. The summed E-state index contributed by atoms with van der Waals surface area (Å²) in [5, 5.41) is 6.06. The molecule has 3 aromatic rings. The largest absolute Gasteiger partial charge is 0.497 e. The van der Waals surface area contributed by atoms with Gasteiger partial charge in [-0.05, 0) is 48.5 Å². The molecule has 6 heteroatoms. The van der Waals surface area contributed by atoms with Gasteiger partial charge < -0.3 is 15.4 Å². The molecule has 24 heavy (non-hydrogen) atoms. The van der Waals surface area contributed by atoms with Crippen molar-refractivity contribution in [1.82, 2.24) is 9.97 Å². The number of methoxy groups -OCH3 is 1. The lowest BCUT2D eigenvalue weighted by Gasteiger charge is -2.09. The van der Waals surface area contributed by atoms with Crippen molar-refractivity contribution in [2.75, 3.05) is 17.7 Å². The minimum atomic E-state index is -0.293. The third kappa shape index (κ3) is 3.86. The standard InChI is InChI=1S/C18H16N4O2/c1-24-16-8-6-14(7-9-16)21-13-2-4-15(5-3-13)22-18(23)17-12-19-10-11-20-17/h2-12,21H,1H3,(H,22,23). The highest BCUT2D eigenvalue weighted by molar-refractivity contribution is 6.02. The molecule has 0 aliphatic carbocycles. The third-order valence-corrected chi connectivity index (χ3v) is 3.32. The molecule has 3 rings (SSSR count). The van der Waals surface area contributed by atoms with E-state index in [2.05, 4.69) is 20.6 Å². The number of carbonyl (C=O) groups is 1. The van der Waals surface area contributed by atoms with Crippen molar-refractivity contribution < 1.29 is 9.53 Å². The second kappa shape index (κ2) is 7.23. The fourth-order valence-electron chi connectivity index (χ4n) is 2.09. The van der Waals surface area contributed by atoms with Crippen molar-refractivity contribution in [3.63, 3.8) is 0 Å². The molecule has 0 saturated carbocycles. The van der Waals surface area contributed by atoms with Crippen molar-refractivity contribution in [3.8, 4) is 5.75 Å². The van der Waals surface area contributed by atoms with Crippen LogP contribution in [-0.2, 0) is 0 Å². The lowest BCUT2D eigenvalue weighted by Crippen LogP contribution is -2.13. The van der Waals surface area contributed by atoms with Gasteiger partial charge in [0.05, 0.1) is 13.3 Å². The van der Waals surface area contributed by atoms with E-state index in [0.29, 0.717) is 5.69 Å². The number of amides is 1. The predicted octanol–water partition coefficient (Wildman–Crippen LogP) is 3.48. The van der Waals surface area contributed by atoms with Crippen molar-refractivity contribution >= 4 is 23.0 Å². The molecule has 1 amide bonds. The van der Waals surface area contributed by atoms with Crippen LogP contribution < -0.4 is 15.4 Å². The fraction of sp³-hybridized carbons (Fsp3) is 0.0556. The van der Waals surface area contributed by atoms with Crippen LogP contribution in [0.2, 0.25) is 0 Å². The first-order chi connectivity index (χ1) is 11.7. The van der Waals surface area contributed by atoms with E-state index in [4.69, 9.17) is 4.74 Å². The number of aromatic nitrogens is 2. The van der Waals surface area contributed by atoms with Gasteiger partial charge >= 0.3 is 0 Å². The molecular weight excluding hydrogens is 304 g/mol. The van der Waals surface area contributed by atoms with Gasteiger partial charge in [-0.2, -0.15) is 0 Å². The highest BCUT2D eigenvalue weighted by Gasteiger charge is 2.07. The maximum absolute atomic E-state index is 12.0. The molecule has 0 bridgehead atoms. The Kier molecular flexibility index (Phi) is 4.67. The lowest BCUT2D eigenvalue weighted by molar-refractivity contribution is 0.102. The number of anilines is 3. The van der Waals surface area contributed by atoms with Gasteiger partial charge in [0.25, 0.3) is 5.91 Å². The Balaban J connectivity index is 1.63. The Morgan fingerprint density at radius 2 is 1.54 bits per heavy atom. The Hall–Kier alpha value is -3.41. The molecule has 6 nitrogen and oxygen atoms in total. The minimum absolute atomic E-state index is 0.276. The maximum atomic E-state index is 12.0. The second-order valence-corrected chi connectivity index (χ2v) is 4.98. The van der Waals surface area contributed by atoms with Gasteiger partial charge in [0, 0.05) is 29.5 Å². The quantitative estimate of drug-likeness (QED) is 0.752. The number of benzene rings is 2. The summed E-state index contributed by atoms with van der Waals surface area (Å²) in [7, 11) is 1.64. The summed E-state index contributed by atoms with van der Waals surface area (Å²) in [6, 6.07) is 15.0. The van der Waals surface area contributed by atoms with Gasteiger partial charge in [0.2, 0.25) is 0 Å². The van der Waals surface area contributed by atoms with Crippen molar-refractivity contribution in [2.24, 2.45) is 0 Å². The van der Waals surface area contributed by atoms with Crippen LogP contribution >= 0.6 is 0 Å². The van der Waals surface area contributed by atoms with Crippen LogP contribution in [-0.4, -0.2) is 23.0 Å². The van der Waals surface area contributed by atoms with Crippen LogP contribution in [0.15, 0.2) is 67.1 Å². The average molecular weight is 320 g/mol. The number of ether oxygens (including phenoxy) is 1. The molecule has 0 spiro atoms. The lowest BCUT2D eigenvalue weighted by atomic mass is 10.2. The summed E-state index contributed by atoms with van der Waals surface area (Å²) in [5.74, 6) is 0.515. The van der Waals surface area contributed by atoms with E-state index in [-0.39, 0.29) is 11.6 Å². The molecule has 2 N–H and O–H groups in total. The smallest absolute Gasteiger partial charge is 0.275 e. The highest BCUT2D eigenvalue weighted by atomic mass is 16.5. The molecule has 0 aliphatic heterocycles. The van der Waals surface area contributed by atoms with Crippen LogP contribution in [0.25, 0.3) is 0 Å². The summed E-state index contributed by atoms with van der Waals surface area (Å²) in [5.41, 5.74) is 2.83. The normalized spacial score (nSPS) is 10.0. The van der Waals surface area contributed by atoms with E-state index in [1.54, 1.807) is 7.11 Å². The molecule has 1 heterocycles. The highest BCUT2D eigenvalue weighted by Crippen LogP contribution is 2.21. The van der Waals surface area contributed by atoms with Crippen molar-refractivity contribution in [2.45, 2.75) is 0 Å². The summed E-state index contributed by atoms with van der Waals surface area (Å²) >= 11 is 0. The number of nitrogens with one attached hydrogen (secondary N) is 2. The van der Waals surface area contributed by atoms with Crippen LogP contribution in [0.5, 0.6) is 5.75 Å². The number of carbonyl (C=O) groups excluding carboxylic acids is 1. The zero-order chi connectivity index (χ0) is 16.8. The molecule has 120 valence electrons. The van der Waals surface area contributed by atoms with Gasteiger partial charge in [0.15, 0.2) is 0 Å². The molecule has 0 fully saturated rings. The van der Waals surface area contributed by atoms with Gasteiger partial charge in [-0.3, -0.25) is 9.78 Å². The fourth-order valence-corrected chi connectivity index (χ4v) is 2.09. The van der Waals surface area contributed by atoms with Crippen molar-refractivity contribution in [1.29, 1.82) is 0 Å². The topological polar surface area (TPSA) is 76.1 Å². The van der Waals surface area contributed by atoms with E-state index in [1.165, 1.54) is 18.6 Å². The van der Waals surface area contributed by atoms with E-state index < -0.39 is 0 Å². The summed E-state index contributed by atoms with van der Waals surface area (Å²) in [4.78, 5) is 19.9. The van der Waals surface area contributed by atoms with Gasteiger partial charge in [0.1, 0.15) is 11.4 Å². The molecule has 1 aromatic heterocycles. The van der Waals surface area contributed by atoms with Crippen molar-refractivity contribution in [3.05, 3.63) is 72.8 Å². The monoisotopic (exact) mass is 320 g/mol. The Bertz CT molecular complexity index is 803. The molecule has 2 aromatic carbocycles. The Morgan fingerprint density at radius 1 is 0.917 bits per heavy atom. The first-order valence-electron chi connectivity index (χ1n) is 7.33. The minimum Gasteiger partial charge on any atom is -0.497 e. The molecule has 0 saturated heterocycles. The van der Waals surface area contributed by atoms with E-state index in [0.717, 1.165) is 17.1 Å². The molecule has 0 radical (unpaired) electrons. The van der Waals surface area contributed by atoms with Gasteiger partial charge in [-0.15, -0.1) is 0 Å². The zero-order valence-corrected chi connectivity index (χ0v) is 13.1. The third-order valence-electron chi connectivity index (χ3n) is 3.32. The predicted molar refractivity (Wildman–Crippen MR) is 92.7 cm³/mol. The number of nitrogens with zero attached hydrogens (tertiary/aromatic N) is 2. The van der Waals surface area contributed by atoms with E-state index in [1.807, 2.05) is 48.5 Å². The second-order valence-electron chi connectivity index (χ2n) is 4.98. The number of hydrogen-bond acceptors (Lipinski definition) is 5. The summed E-state index contributed by atoms with van der Waals surface area (Å²) in [6.45, 7) is 0. The summed E-state index contributed by atoms with van der Waals surface area (Å²) in [6.07, 6.45) is 4.43. The molecule has 0 aliphatic rings. The van der Waals surface area contributed by atoms with Crippen LogP contribution in [0.3, 0.4) is 0 Å². The maximum Gasteiger partial charge on any atom is 0.275 e. The molecule has 0 unspecified atom stereocenters. The summed E-state index contributed by atoms with van der Waals surface area (Å²) < 4.78 is 5.13. The van der Waals surface area contributed by atoms with E-state index >= 15 is 0 Å². The average Bonchev–Trinajstić information content (AvgIpc) is 2.65. The van der Waals surface area contributed by atoms with E-state index in [9.17, 15) is 4.79 Å². The van der Waals surface area contributed by atoms with Crippen LogP contribution in [0.4, 0.5) is 17.1 Å². The van der Waals surface area contributed by atoms with Gasteiger partial charge in [-0.1, -0.05) is 0 Å². The SMILES string of the molecule is COc1ccc(Nc2ccc(NC(=O)c3cnccn3)cc2)cc1. The number of rotatable bonds is 5. The van der Waals surface area contributed by atoms with Crippen LogP contribution in [0.1, 0.15) is 10.5 Å². The molecule has 0 atom stereocenters. The number of hydrogen-bond donors (Lipinski definition) is 2. The zero-order valence-electron chi connectivity index (χ0n) is 13.1. The Morgan fingerprint density at radius 3 is 2.12 bits per heavy atom. The van der Waals surface area contributed by atoms with Gasteiger partial charge in [-0.25, -0.2) is 4.98 Å². The molecular formula is C18H16N4O2.